The van der Waals surface area contributed by atoms with Crippen molar-refractivity contribution in [3.05, 3.63) is 54.6 Å². The van der Waals surface area contributed by atoms with E-state index in [0.29, 0.717) is 16.3 Å². The van der Waals surface area contributed by atoms with Crippen molar-refractivity contribution in [2.45, 2.75) is 4.90 Å². The highest BCUT2D eigenvalue weighted by Crippen LogP contribution is 2.36. The van der Waals surface area contributed by atoms with Crippen molar-refractivity contribution in [3.8, 4) is 16.9 Å². The molecule has 29 heavy (non-hydrogen) atoms. The van der Waals surface area contributed by atoms with E-state index in [1.807, 2.05) is 4.72 Å². The second kappa shape index (κ2) is 6.46. The smallest absolute Gasteiger partial charge is 0.326 e. The molecular formula is C19H16N2O6S2. The van der Waals surface area contributed by atoms with Gasteiger partial charge in [0.25, 0.3) is 5.91 Å². The molecule has 1 aliphatic rings. The number of benzene rings is 3. The number of anilines is 1. The van der Waals surface area contributed by atoms with E-state index in [1.54, 1.807) is 36.4 Å². The summed E-state index contributed by atoms with van der Waals surface area (Å²) in [5.74, 6) is -0.958. The lowest BCUT2D eigenvalue weighted by molar-refractivity contribution is -0.117. The Morgan fingerprint density at radius 3 is 2.38 bits per heavy atom. The molecule has 150 valence electrons. The third kappa shape index (κ3) is 3.52. The number of amides is 1. The molecule has 0 aliphatic carbocycles. The normalized spacial score (nSPS) is 16.2. The van der Waals surface area contributed by atoms with Gasteiger partial charge in [-0.05, 0) is 52.2 Å². The zero-order valence-electron chi connectivity index (χ0n) is 15.2. The Balaban J connectivity index is 1.85. The van der Waals surface area contributed by atoms with Crippen LogP contribution < -0.4 is 9.03 Å². The average Bonchev–Trinajstić information content (AvgIpc) is 2.92. The van der Waals surface area contributed by atoms with Gasteiger partial charge in [-0.2, -0.15) is 8.42 Å². The quantitative estimate of drug-likeness (QED) is 0.651. The number of aromatic hydroxyl groups is 1. The molecule has 0 spiro atoms. The Hall–Kier alpha value is -3.11. The van der Waals surface area contributed by atoms with Crippen molar-refractivity contribution in [1.82, 2.24) is 4.72 Å². The second-order valence-electron chi connectivity index (χ2n) is 6.74. The fourth-order valence-electron chi connectivity index (χ4n) is 3.22. The number of rotatable bonds is 3. The van der Waals surface area contributed by atoms with Gasteiger partial charge in [-0.25, -0.2) is 17.4 Å². The molecule has 8 nitrogen and oxygen atoms in total. The molecule has 0 atom stereocenters. The Morgan fingerprint density at radius 2 is 1.72 bits per heavy atom. The minimum Gasteiger partial charge on any atom is -0.506 e. The van der Waals surface area contributed by atoms with Crippen LogP contribution in [-0.4, -0.2) is 40.6 Å². The largest absolute Gasteiger partial charge is 0.506 e. The SMILES string of the molecule is CS(=O)(=O)c1cccc(-c2ccc3cc(O)c(N4CC(=O)NS4(=O)=O)cc3c2)c1. The fourth-order valence-corrected chi connectivity index (χ4v) is 5.04. The maximum absolute atomic E-state index is 12.1. The van der Waals surface area contributed by atoms with Crippen LogP contribution in [0.25, 0.3) is 21.9 Å². The number of phenolic OH excluding ortho intramolecular Hbond substituents is 1. The van der Waals surface area contributed by atoms with Crippen LogP contribution in [0.1, 0.15) is 0 Å². The molecule has 0 saturated carbocycles. The van der Waals surface area contributed by atoms with Gasteiger partial charge in [-0.3, -0.25) is 4.79 Å². The first-order valence-electron chi connectivity index (χ1n) is 8.45. The third-order valence-electron chi connectivity index (χ3n) is 4.62. The van der Waals surface area contributed by atoms with E-state index in [1.165, 1.54) is 18.2 Å². The molecule has 1 fully saturated rings. The fraction of sp³-hybridized carbons (Fsp3) is 0.105. The number of carbonyl (C=O) groups is 1. The van der Waals surface area contributed by atoms with Gasteiger partial charge in [-0.15, -0.1) is 0 Å². The Kier molecular flexibility index (Phi) is 4.28. The molecule has 1 saturated heterocycles. The van der Waals surface area contributed by atoms with Gasteiger partial charge in [-0.1, -0.05) is 24.3 Å². The van der Waals surface area contributed by atoms with E-state index in [9.17, 15) is 26.7 Å². The standard InChI is InChI=1S/C19H16N2O6S2/c1-28(24,25)16-4-2-3-12(8-16)13-5-6-14-10-18(22)17(9-15(14)7-13)21-11-19(23)20-29(21,26)27/h2-10,22H,11H2,1H3,(H,20,23). The summed E-state index contributed by atoms with van der Waals surface area (Å²) in [6, 6.07) is 14.7. The Labute approximate surface area is 167 Å². The third-order valence-corrected chi connectivity index (χ3v) is 7.12. The van der Waals surface area contributed by atoms with Crippen LogP contribution in [-0.2, 0) is 24.8 Å². The lowest BCUT2D eigenvalue weighted by Crippen LogP contribution is -2.29. The minimum atomic E-state index is -4.06. The summed E-state index contributed by atoms with van der Waals surface area (Å²) in [6.07, 6.45) is 1.13. The summed E-state index contributed by atoms with van der Waals surface area (Å²) in [5.41, 5.74) is 1.38. The highest BCUT2D eigenvalue weighted by Gasteiger charge is 2.35. The van der Waals surface area contributed by atoms with Crippen LogP contribution in [0, 0.1) is 0 Å². The lowest BCUT2D eigenvalue weighted by Gasteiger charge is -2.17. The number of fused-ring (bicyclic) bond motifs is 1. The molecule has 3 aromatic rings. The van der Waals surface area contributed by atoms with Gasteiger partial charge in [0.15, 0.2) is 9.84 Å². The first-order valence-corrected chi connectivity index (χ1v) is 11.8. The summed E-state index contributed by atoms with van der Waals surface area (Å²) < 4.78 is 50.5. The number of phenols is 1. The van der Waals surface area contributed by atoms with Crippen LogP contribution in [0.15, 0.2) is 59.5 Å². The highest BCUT2D eigenvalue weighted by atomic mass is 32.2. The Bertz CT molecular complexity index is 1380. The summed E-state index contributed by atoms with van der Waals surface area (Å²) in [6.45, 7) is -0.419. The van der Waals surface area contributed by atoms with E-state index < -0.39 is 32.5 Å². The zero-order chi connectivity index (χ0) is 21.0. The molecule has 1 heterocycles. The number of carbonyl (C=O) groups excluding carboxylic acids is 1. The van der Waals surface area contributed by atoms with Crippen LogP contribution in [0.3, 0.4) is 0 Å². The van der Waals surface area contributed by atoms with Crippen molar-refractivity contribution in [1.29, 1.82) is 0 Å². The molecule has 4 rings (SSSR count). The van der Waals surface area contributed by atoms with Gasteiger partial charge in [0.1, 0.15) is 12.3 Å². The number of hydrogen-bond donors (Lipinski definition) is 2. The van der Waals surface area contributed by atoms with Crippen LogP contribution in [0.2, 0.25) is 0 Å². The number of hydrogen-bond acceptors (Lipinski definition) is 6. The molecule has 3 aromatic carbocycles. The molecule has 1 aliphatic heterocycles. The molecule has 0 radical (unpaired) electrons. The van der Waals surface area contributed by atoms with E-state index in [2.05, 4.69) is 0 Å². The molecular weight excluding hydrogens is 416 g/mol. The molecule has 1 amide bonds. The predicted molar refractivity (Wildman–Crippen MR) is 109 cm³/mol. The first-order chi connectivity index (χ1) is 13.5. The highest BCUT2D eigenvalue weighted by molar-refractivity contribution is 7.92. The summed E-state index contributed by atoms with van der Waals surface area (Å²) >= 11 is 0. The van der Waals surface area contributed by atoms with Crippen molar-refractivity contribution in [3.63, 3.8) is 0 Å². The summed E-state index contributed by atoms with van der Waals surface area (Å²) in [5, 5.41) is 11.6. The number of sulfone groups is 1. The topological polar surface area (TPSA) is 121 Å². The molecule has 2 N–H and O–H groups in total. The van der Waals surface area contributed by atoms with Gasteiger partial charge in [0.05, 0.1) is 10.6 Å². The predicted octanol–water partition coefficient (Wildman–Crippen LogP) is 1.80. The van der Waals surface area contributed by atoms with Gasteiger partial charge in [0, 0.05) is 6.26 Å². The zero-order valence-corrected chi connectivity index (χ0v) is 16.8. The number of nitrogens with zero attached hydrogens (tertiary/aromatic N) is 1. The molecule has 10 heteroatoms. The average molecular weight is 432 g/mol. The van der Waals surface area contributed by atoms with Gasteiger partial charge in [0.2, 0.25) is 0 Å². The van der Waals surface area contributed by atoms with Crippen LogP contribution in [0.5, 0.6) is 5.75 Å². The lowest BCUT2D eigenvalue weighted by atomic mass is 10.0. The van der Waals surface area contributed by atoms with Crippen molar-refractivity contribution in [2.75, 3.05) is 17.1 Å². The first kappa shape index (κ1) is 19.2. The maximum Gasteiger partial charge on any atom is 0.326 e. The van der Waals surface area contributed by atoms with Crippen molar-refractivity contribution in [2.24, 2.45) is 0 Å². The van der Waals surface area contributed by atoms with E-state index in [4.69, 9.17) is 0 Å². The maximum atomic E-state index is 12.1. The summed E-state index contributed by atoms with van der Waals surface area (Å²) in [4.78, 5) is 11.7. The summed E-state index contributed by atoms with van der Waals surface area (Å²) in [7, 11) is -7.42. The molecule has 0 aromatic heterocycles. The van der Waals surface area contributed by atoms with E-state index >= 15 is 0 Å². The van der Waals surface area contributed by atoms with E-state index in [-0.39, 0.29) is 16.3 Å². The van der Waals surface area contributed by atoms with Crippen LogP contribution in [0.4, 0.5) is 5.69 Å². The Morgan fingerprint density at radius 1 is 1.00 bits per heavy atom. The number of nitrogens with one attached hydrogen (secondary N) is 1. The minimum absolute atomic E-state index is 0.0158. The van der Waals surface area contributed by atoms with Gasteiger partial charge < -0.3 is 5.11 Å². The second-order valence-corrected chi connectivity index (χ2v) is 10.4. The molecule has 0 unspecified atom stereocenters. The van der Waals surface area contributed by atoms with Crippen molar-refractivity contribution < 1.29 is 26.7 Å². The monoisotopic (exact) mass is 432 g/mol. The van der Waals surface area contributed by atoms with Crippen LogP contribution >= 0.6 is 0 Å². The molecule has 0 bridgehead atoms. The van der Waals surface area contributed by atoms with E-state index in [0.717, 1.165) is 16.1 Å². The van der Waals surface area contributed by atoms with Gasteiger partial charge >= 0.3 is 10.2 Å². The van der Waals surface area contributed by atoms with Crippen molar-refractivity contribution >= 4 is 42.4 Å².